The maximum Gasteiger partial charge on any atom is 0.270 e. The van der Waals surface area contributed by atoms with Gasteiger partial charge in [0.1, 0.15) is 11.5 Å². The number of nitro groups is 1. The van der Waals surface area contributed by atoms with E-state index in [1.54, 1.807) is 43.6 Å². The predicted molar refractivity (Wildman–Crippen MR) is 115 cm³/mol. The number of carbonyl (C=O) groups excluding carboxylic acids is 1. The second-order valence-corrected chi connectivity index (χ2v) is 7.60. The number of carbonyl (C=O) groups is 1. The fourth-order valence-electron chi connectivity index (χ4n) is 2.69. The fourth-order valence-corrected chi connectivity index (χ4v) is 3.91. The van der Waals surface area contributed by atoms with Gasteiger partial charge in [-0.3, -0.25) is 19.8 Å². The van der Waals surface area contributed by atoms with E-state index in [9.17, 15) is 14.9 Å². The first-order chi connectivity index (χ1) is 14.4. The van der Waals surface area contributed by atoms with Crippen LogP contribution in [0.25, 0.3) is 17.4 Å². The van der Waals surface area contributed by atoms with Crippen LogP contribution in [0.1, 0.15) is 5.76 Å². The molecule has 4 rings (SSSR count). The third-order valence-electron chi connectivity index (χ3n) is 4.19. The Labute approximate surface area is 180 Å². The molecule has 10 heteroatoms. The van der Waals surface area contributed by atoms with Crippen LogP contribution in [0.15, 0.2) is 69.0 Å². The van der Waals surface area contributed by atoms with E-state index in [-0.39, 0.29) is 16.6 Å². The molecule has 1 aromatic carbocycles. The lowest BCUT2D eigenvalue weighted by atomic mass is 10.1. The summed E-state index contributed by atoms with van der Waals surface area (Å²) >= 11 is 7.38. The molecule has 3 heterocycles. The molecular weight excluding hydrogens is 428 g/mol. The van der Waals surface area contributed by atoms with E-state index in [1.807, 2.05) is 6.07 Å². The average molecular weight is 441 g/mol. The van der Waals surface area contributed by atoms with Crippen molar-refractivity contribution in [3.63, 3.8) is 0 Å². The Morgan fingerprint density at radius 1 is 1.27 bits per heavy atom. The smallest absolute Gasteiger partial charge is 0.270 e. The summed E-state index contributed by atoms with van der Waals surface area (Å²) in [4.78, 5) is 33.3. The summed E-state index contributed by atoms with van der Waals surface area (Å²) in [6, 6.07) is 12.9. The lowest BCUT2D eigenvalue weighted by Crippen LogP contribution is -2.23. The molecule has 0 bridgehead atoms. The van der Waals surface area contributed by atoms with Crippen molar-refractivity contribution in [2.45, 2.75) is 0 Å². The summed E-state index contributed by atoms with van der Waals surface area (Å²) in [5.41, 5.74) is 0.417. The number of benzene rings is 1. The molecule has 0 aliphatic carbocycles. The number of rotatable bonds is 4. The number of hydrogen-bond donors (Lipinski definition) is 0. The number of nitrogens with zero attached hydrogens (tertiary/aromatic N) is 4. The molecule has 1 aliphatic heterocycles. The van der Waals surface area contributed by atoms with Gasteiger partial charge in [0.05, 0.1) is 14.9 Å². The first-order valence-electron chi connectivity index (χ1n) is 8.64. The van der Waals surface area contributed by atoms with Crippen LogP contribution in [0.3, 0.4) is 0 Å². The summed E-state index contributed by atoms with van der Waals surface area (Å²) in [5, 5.41) is 11.6. The Kier molecular flexibility index (Phi) is 5.39. The Morgan fingerprint density at radius 2 is 2.10 bits per heavy atom. The lowest BCUT2D eigenvalue weighted by molar-refractivity contribution is -0.384. The van der Waals surface area contributed by atoms with Gasteiger partial charge >= 0.3 is 0 Å². The van der Waals surface area contributed by atoms with Crippen molar-refractivity contribution in [2.24, 2.45) is 4.99 Å². The van der Waals surface area contributed by atoms with Gasteiger partial charge in [0.25, 0.3) is 11.6 Å². The van der Waals surface area contributed by atoms with Crippen LogP contribution in [0.5, 0.6) is 0 Å². The molecule has 2 aromatic heterocycles. The second kappa shape index (κ2) is 8.13. The molecule has 0 radical (unpaired) electrons. The van der Waals surface area contributed by atoms with Gasteiger partial charge in [-0.15, -0.1) is 0 Å². The summed E-state index contributed by atoms with van der Waals surface area (Å²) in [7, 11) is 1.64. The third kappa shape index (κ3) is 3.98. The maximum atomic E-state index is 12.6. The molecule has 0 N–H and O–H groups in total. The monoisotopic (exact) mass is 440 g/mol. The van der Waals surface area contributed by atoms with Crippen molar-refractivity contribution in [2.75, 3.05) is 7.05 Å². The molecular formula is C20H13ClN4O4S. The molecule has 8 nitrogen and oxygen atoms in total. The van der Waals surface area contributed by atoms with E-state index in [4.69, 9.17) is 16.0 Å². The highest BCUT2D eigenvalue weighted by Gasteiger charge is 2.30. The molecule has 30 heavy (non-hydrogen) atoms. The van der Waals surface area contributed by atoms with Gasteiger partial charge in [-0.25, -0.2) is 9.98 Å². The van der Waals surface area contributed by atoms with Gasteiger partial charge in [-0.2, -0.15) is 0 Å². The van der Waals surface area contributed by atoms with Crippen LogP contribution < -0.4 is 0 Å². The number of non-ortho nitro benzene ring substituents is 1. The molecule has 1 amide bonds. The van der Waals surface area contributed by atoms with Gasteiger partial charge in [-0.05, 0) is 42.1 Å². The zero-order valence-corrected chi connectivity index (χ0v) is 17.1. The van der Waals surface area contributed by atoms with Crippen molar-refractivity contribution < 1.29 is 14.1 Å². The van der Waals surface area contributed by atoms with Crippen molar-refractivity contribution in [3.05, 3.63) is 80.5 Å². The number of halogens is 1. The van der Waals surface area contributed by atoms with Crippen LogP contribution in [0.4, 0.5) is 11.5 Å². The standard InChI is InChI=1S/C20H13ClN4O4S/c1-24-19(26)17(30-20(24)23-18-4-2-3-9-22-18)11-13-6-8-16(29-13)14-7-5-12(25(27)28)10-15(14)21/h2-11H,1H3/b17-11+,23-20+. The van der Waals surface area contributed by atoms with Crippen LogP contribution in [-0.2, 0) is 4.79 Å². The molecule has 0 spiro atoms. The number of aromatic nitrogens is 1. The number of likely N-dealkylation sites (N-methyl/N-ethyl adjacent to an activating group) is 1. The molecule has 1 saturated heterocycles. The van der Waals surface area contributed by atoms with E-state index < -0.39 is 4.92 Å². The summed E-state index contributed by atoms with van der Waals surface area (Å²) in [5.74, 6) is 1.19. The van der Waals surface area contributed by atoms with Gasteiger partial charge in [0.2, 0.25) is 0 Å². The zero-order valence-electron chi connectivity index (χ0n) is 15.5. The second-order valence-electron chi connectivity index (χ2n) is 6.18. The van der Waals surface area contributed by atoms with Crippen LogP contribution in [0, 0.1) is 10.1 Å². The highest BCUT2D eigenvalue weighted by molar-refractivity contribution is 8.18. The molecule has 3 aromatic rings. The van der Waals surface area contributed by atoms with E-state index in [1.165, 1.54) is 34.9 Å². The van der Waals surface area contributed by atoms with E-state index in [2.05, 4.69) is 9.98 Å². The molecule has 1 aliphatic rings. The minimum absolute atomic E-state index is 0.103. The van der Waals surface area contributed by atoms with Crippen molar-refractivity contribution in [3.8, 4) is 11.3 Å². The van der Waals surface area contributed by atoms with Gasteiger partial charge in [0.15, 0.2) is 11.0 Å². The normalized spacial score (nSPS) is 16.6. The Balaban J connectivity index is 1.59. The van der Waals surface area contributed by atoms with E-state index in [0.29, 0.717) is 33.0 Å². The minimum Gasteiger partial charge on any atom is -0.457 e. The van der Waals surface area contributed by atoms with E-state index >= 15 is 0 Å². The van der Waals surface area contributed by atoms with Gasteiger partial charge in [-0.1, -0.05) is 17.7 Å². The molecule has 1 fully saturated rings. The number of amides is 1. The van der Waals surface area contributed by atoms with Crippen LogP contribution >= 0.6 is 23.4 Å². The molecule has 0 unspecified atom stereocenters. The minimum atomic E-state index is -0.517. The maximum absolute atomic E-state index is 12.6. The number of thioether (sulfide) groups is 1. The van der Waals surface area contributed by atoms with Crippen molar-refractivity contribution >= 4 is 52.0 Å². The first-order valence-corrected chi connectivity index (χ1v) is 9.83. The number of hydrogen-bond acceptors (Lipinski definition) is 7. The van der Waals surface area contributed by atoms with Crippen molar-refractivity contribution in [1.29, 1.82) is 0 Å². The highest BCUT2D eigenvalue weighted by Crippen LogP contribution is 2.35. The van der Waals surface area contributed by atoms with E-state index in [0.717, 1.165) is 0 Å². The van der Waals surface area contributed by atoms with Gasteiger partial charge in [0, 0.05) is 37.0 Å². The van der Waals surface area contributed by atoms with Crippen LogP contribution in [-0.4, -0.2) is 32.9 Å². The van der Waals surface area contributed by atoms with Crippen LogP contribution in [0.2, 0.25) is 5.02 Å². The lowest BCUT2D eigenvalue weighted by Gasteiger charge is -2.06. The SMILES string of the molecule is CN1C(=O)/C(=C\c2ccc(-c3ccc([N+](=O)[O-])cc3Cl)o2)S/C1=N/c1ccccn1. The Hall–Kier alpha value is -3.43. The Morgan fingerprint density at radius 3 is 2.80 bits per heavy atom. The Bertz CT molecular complexity index is 1210. The summed E-state index contributed by atoms with van der Waals surface area (Å²) < 4.78 is 5.78. The molecule has 150 valence electrons. The summed E-state index contributed by atoms with van der Waals surface area (Å²) in [6.07, 6.45) is 3.25. The largest absolute Gasteiger partial charge is 0.457 e. The number of nitro benzene ring substituents is 1. The average Bonchev–Trinajstić information content (AvgIpc) is 3.29. The number of amidine groups is 1. The van der Waals surface area contributed by atoms with Gasteiger partial charge < -0.3 is 4.42 Å². The first kappa shape index (κ1) is 19.9. The number of furan rings is 1. The molecule has 0 saturated carbocycles. The number of pyridine rings is 1. The summed E-state index contributed by atoms with van der Waals surface area (Å²) in [6.45, 7) is 0. The fraction of sp³-hybridized carbons (Fsp3) is 0.0500. The predicted octanol–water partition coefficient (Wildman–Crippen LogP) is 5.14. The van der Waals surface area contributed by atoms with Crippen molar-refractivity contribution in [1.82, 2.24) is 9.88 Å². The quantitative estimate of drug-likeness (QED) is 0.316. The number of aliphatic imine (C=N–C) groups is 1. The highest BCUT2D eigenvalue weighted by atomic mass is 35.5. The molecule has 0 atom stereocenters. The zero-order chi connectivity index (χ0) is 21.3. The third-order valence-corrected chi connectivity index (χ3v) is 5.56. The topological polar surface area (TPSA) is 102 Å².